The molecule has 1 aliphatic rings. The highest BCUT2D eigenvalue weighted by molar-refractivity contribution is 5.90. The lowest BCUT2D eigenvalue weighted by Crippen LogP contribution is -2.61. The number of aldehydes is 2. The largest absolute Gasteiger partial charge is 0.508 e. The van der Waals surface area contributed by atoms with Crippen molar-refractivity contribution in [2.24, 2.45) is 17.8 Å². The zero-order valence-electron chi connectivity index (χ0n) is 31.2. The van der Waals surface area contributed by atoms with Gasteiger partial charge in [-0.3, -0.25) is 24.2 Å². The number of amides is 2. The van der Waals surface area contributed by atoms with Gasteiger partial charge >= 0.3 is 5.97 Å². The number of hydrogen-bond donors (Lipinski definition) is 5. The van der Waals surface area contributed by atoms with Crippen LogP contribution in [0.2, 0.25) is 0 Å². The summed E-state index contributed by atoms with van der Waals surface area (Å²) in [7, 11) is 1.62. The van der Waals surface area contributed by atoms with Gasteiger partial charge in [0.2, 0.25) is 5.91 Å². The van der Waals surface area contributed by atoms with Gasteiger partial charge in [0.1, 0.15) is 48.1 Å². The van der Waals surface area contributed by atoms with E-state index in [1.807, 2.05) is 26.8 Å². The van der Waals surface area contributed by atoms with Gasteiger partial charge in [-0.15, -0.1) is 0 Å². The number of halogens is 1. The number of rotatable bonds is 22. The van der Waals surface area contributed by atoms with Crippen LogP contribution in [0, 0.1) is 23.6 Å². The van der Waals surface area contributed by atoms with E-state index in [2.05, 4.69) is 16.1 Å². The van der Waals surface area contributed by atoms with Gasteiger partial charge in [-0.2, -0.15) is 0 Å². The van der Waals surface area contributed by atoms with E-state index < -0.39 is 59.9 Å². The summed E-state index contributed by atoms with van der Waals surface area (Å²) in [5.74, 6) is -3.70. The normalized spacial score (nSPS) is 18.4. The molecular formula is C39H55FN4O9. The average Bonchev–Trinajstić information content (AvgIpc) is 3.10. The van der Waals surface area contributed by atoms with Gasteiger partial charge < -0.3 is 35.2 Å². The Hall–Kier alpha value is -4.53. The Morgan fingerprint density at radius 2 is 1.77 bits per heavy atom. The summed E-state index contributed by atoms with van der Waals surface area (Å²) in [6, 6.07) is 0.711. The summed E-state index contributed by atoms with van der Waals surface area (Å²) in [6.07, 6.45) is 11.1. The molecule has 0 radical (unpaired) electrons. The second kappa shape index (κ2) is 23.2. The molecule has 292 valence electrons. The molecule has 1 fully saturated rings. The number of aromatic hydroxyl groups is 1. The van der Waals surface area contributed by atoms with Crippen molar-refractivity contribution in [3.63, 3.8) is 0 Å². The average molecular weight is 743 g/mol. The van der Waals surface area contributed by atoms with Crippen molar-refractivity contribution in [2.75, 3.05) is 13.6 Å². The first-order valence-electron chi connectivity index (χ1n) is 18.0. The lowest BCUT2D eigenvalue weighted by molar-refractivity contribution is -0.155. The maximum atomic E-state index is 14.1. The highest BCUT2D eigenvalue weighted by Gasteiger charge is 2.35. The summed E-state index contributed by atoms with van der Waals surface area (Å²) in [6.45, 7) is 7.16. The number of aliphatic hydroxyl groups excluding tert-OH is 1. The van der Waals surface area contributed by atoms with Crippen molar-refractivity contribution in [1.29, 1.82) is 0 Å². The van der Waals surface area contributed by atoms with Crippen LogP contribution in [0.4, 0.5) is 4.39 Å². The van der Waals surface area contributed by atoms with Gasteiger partial charge in [-0.25, -0.2) is 9.82 Å². The number of esters is 1. The van der Waals surface area contributed by atoms with Crippen molar-refractivity contribution in [1.82, 2.24) is 21.1 Å². The van der Waals surface area contributed by atoms with E-state index in [1.54, 1.807) is 25.3 Å². The number of nitrogens with one attached hydrogen (secondary N) is 3. The molecule has 0 saturated carbocycles. The van der Waals surface area contributed by atoms with Gasteiger partial charge in [0, 0.05) is 37.8 Å². The van der Waals surface area contributed by atoms with Crippen LogP contribution in [-0.4, -0.2) is 95.3 Å². The molecule has 0 aliphatic carbocycles. The molecule has 2 rings (SSSR count). The van der Waals surface area contributed by atoms with Gasteiger partial charge in [-0.05, 0) is 81.3 Å². The van der Waals surface area contributed by atoms with E-state index >= 15 is 0 Å². The minimum absolute atomic E-state index is 0.0429. The first-order chi connectivity index (χ1) is 25.2. The summed E-state index contributed by atoms with van der Waals surface area (Å²) >= 11 is 0. The van der Waals surface area contributed by atoms with E-state index in [0.29, 0.717) is 38.3 Å². The zero-order valence-corrected chi connectivity index (χ0v) is 31.2. The molecule has 1 aliphatic heterocycles. The van der Waals surface area contributed by atoms with Gasteiger partial charge in [0.25, 0.3) is 5.91 Å². The number of likely N-dealkylation sites (N-methyl/N-ethyl adjacent to an activating group) is 1. The Morgan fingerprint density at radius 3 is 2.38 bits per heavy atom. The molecule has 1 aromatic carbocycles. The predicted molar refractivity (Wildman–Crippen MR) is 196 cm³/mol. The van der Waals surface area contributed by atoms with Crippen molar-refractivity contribution in [3.8, 4) is 5.75 Å². The monoisotopic (exact) mass is 742 g/mol. The third-order valence-corrected chi connectivity index (χ3v) is 8.95. The molecule has 0 spiro atoms. The SMILES string of the molecule is CNC(C(=O)NC(Cc1cc(O)cc(F)c1)C(=O)N1CCCC(C(=O)O[C@H](/C=C/C=O)C/C=C/C=C/CC(C)C(O)C(C=O)CCC(C)=O)N1)C(C)C. The lowest BCUT2D eigenvalue weighted by Gasteiger charge is -2.35. The number of allylic oxidation sites excluding steroid dienone is 4. The predicted octanol–water partition coefficient (Wildman–Crippen LogP) is 3.04. The highest BCUT2D eigenvalue weighted by Crippen LogP contribution is 2.21. The molecule has 1 saturated heterocycles. The standard InChI is InChI=1S/C39H55FN4O9/c1-25(2)35(41-5)37(50)42-34(22-28-20-30(40)23-31(48)21-28)38(51)44-18-10-15-33(43-44)39(52)53-32(14-11-19-45)13-9-7-6-8-12-26(3)36(49)29(24-46)17-16-27(4)47/h6-9,11,14,19-21,23-26,29,32-36,41,43,48-49H,10,12-13,15-18,22H2,1-5H3,(H,42,50)/b8-6+,9-7+,14-11+/t26?,29?,32-,33?,34?,35?,36?/m0/s1. The fraction of sp³-hybridized carbons (Fsp3) is 0.538. The molecule has 1 heterocycles. The summed E-state index contributed by atoms with van der Waals surface area (Å²) in [4.78, 5) is 74.0. The molecule has 7 atom stereocenters. The number of phenolic OH excluding ortho intramolecular Hbond substituents is 1. The molecule has 2 amide bonds. The Kier molecular flexibility index (Phi) is 19.5. The first-order valence-corrected chi connectivity index (χ1v) is 18.0. The van der Waals surface area contributed by atoms with Crippen LogP contribution >= 0.6 is 0 Å². The molecule has 14 heteroatoms. The number of carbonyl (C=O) groups excluding carboxylic acids is 6. The van der Waals surface area contributed by atoms with Crippen LogP contribution in [0.1, 0.15) is 71.8 Å². The minimum atomic E-state index is -1.16. The fourth-order valence-electron chi connectivity index (χ4n) is 6.00. The van der Waals surface area contributed by atoms with Crippen LogP contribution in [0.5, 0.6) is 5.75 Å². The van der Waals surface area contributed by atoms with Crippen molar-refractivity contribution < 1.29 is 48.1 Å². The van der Waals surface area contributed by atoms with Crippen LogP contribution in [-0.2, 0) is 39.9 Å². The number of carbonyl (C=O) groups is 6. The number of aliphatic hydroxyl groups is 1. The van der Waals surface area contributed by atoms with Crippen molar-refractivity contribution in [2.45, 2.75) is 103 Å². The highest BCUT2D eigenvalue weighted by atomic mass is 19.1. The van der Waals surface area contributed by atoms with E-state index in [-0.39, 0.29) is 54.7 Å². The van der Waals surface area contributed by atoms with E-state index in [4.69, 9.17) is 4.74 Å². The van der Waals surface area contributed by atoms with E-state index in [9.17, 15) is 43.4 Å². The Bertz CT molecular complexity index is 1460. The zero-order chi connectivity index (χ0) is 39.5. The number of hydrazine groups is 1. The number of benzene rings is 1. The molecule has 13 nitrogen and oxygen atoms in total. The first kappa shape index (κ1) is 44.6. The molecular weight excluding hydrogens is 687 g/mol. The van der Waals surface area contributed by atoms with Crippen LogP contribution < -0.4 is 16.1 Å². The second-order valence-corrected chi connectivity index (χ2v) is 13.7. The van der Waals surface area contributed by atoms with Crippen molar-refractivity contribution in [3.05, 3.63) is 66.0 Å². The maximum Gasteiger partial charge on any atom is 0.325 e. The molecule has 53 heavy (non-hydrogen) atoms. The molecule has 0 aromatic heterocycles. The molecule has 6 unspecified atom stereocenters. The number of ketones is 1. The summed E-state index contributed by atoms with van der Waals surface area (Å²) in [5.41, 5.74) is 3.19. The van der Waals surface area contributed by atoms with Crippen molar-refractivity contribution >= 4 is 36.1 Å². The summed E-state index contributed by atoms with van der Waals surface area (Å²) in [5, 5.41) is 27.4. The molecule has 5 N–H and O–H groups in total. The van der Waals surface area contributed by atoms with Gasteiger partial charge in [0.05, 0.1) is 12.1 Å². The topological polar surface area (TPSA) is 191 Å². The number of hydrogen-bond acceptors (Lipinski definition) is 11. The lowest BCUT2D eigenvalue weighted by atomic mass is 9.87. The molecule has 1 aromatic rings. The van der Waals surface area contributed by atoms with E-state index in [1.165, 1.54) is 36.2 Å². The van der Waals surface area contributed by atoms with Gasteiger partial charge in [-0.1, -0.05) is 45.1 Å². The third kappa shape index (κ3) is 15.5. The number of Topliss-reactive ketones (excluding diaryl/α,β-unsaturated/α-hetero) is 1. The minimum Gasteiger partial charge on any atom is -0.508 e. The Morgan fingerprint density at radius 1 is 1.08 bits per heavy atom. The Balaban J connectivity index is 2.08. The number of nitrogens with zero attached hydrogens (tertiary/aromatic N) is 1. The van der Waals surface area contributed by atoms with Crippen LogP contribution in [0.25, 0.3) is 0 Å². The fourth-order valence-corrected chi connectivity index (χ4v) is 6.00. The smallest absolute Gasteiger partial charge is 0.325 e. The van der Waals surface area contributed by atoms with Crippen LogP contribution in [0.15, 0.2) is 54.7 Å². The number of ether oxygens (including phenoxy) is 1. The quantitative estimate of drug-likeness (QED) is 0.0508. The molecule has 0 bridgehead atoms. The van der Waals surface area contributed by atoms with Crippen LogP contribution in [0.3, 0.4) is 0 Å². The maximum absolute atomic E-state index is 14.1. The van der Waals surface area contributed by atoms with Gasteiger partial charge in [0.15, 0.2) is 0 Å². The number of phenols is 1. The summed E-state index contributed by atoms with van der Waals surface area (Å²) < 4.78 is 19.8. The van der Waals surface area contributed by atoms with E-state index in [0.717, 1.165) is 6.07 Å². The Labute approximate surface area is 311 Å². The second-order valence-electron chi connectivity index (χ2n) is 13.7. The third-order valence-electron chi connectivity index (χ3n) is 8.95.